The lowest BCUT2D eigenvalue weighted by Gasteiger charge is -2.04. The van der Waals surface area contributed by atoms with E-state index in [4.69, 9.17) is 11.6 Å². The number of carbonyl (C=O) groups excluding carboxylic acids is 1. The van der Waals surface area contributed by atoms with Crippen LogP contribution in [0.15, 0.2) is 12.3 Å². The average Bonchev–Trinajstić information content (AvgIpc) is 2.16. The molecule has 1 aromatic rings. The number of esters is 1. The Kier molecular flexibility index (Phi) is 3.25. The number of hydrogen-bond donors (Lipinski definition) is 0. The molecule has 1 aromatic heterocycles. The van der Waals surface area contributed by atoms with Crippen molar-refractivity contribution in [3.63, 3.8) is 0 Å². The quantitative estimate of drug-likeness (QED) is 0.685. The minimum Gasteiger partial charge on any atom is -0.465 e. The summed E-state index contributed by atoms with van der Waals surface area (Å²) in [7, 11) is 1.34. The minimum absolute atomic E-state index is 0.396. The summed E-state index contributed by atoms with van der Waals surface area (Å²) in [5.41, 5.74) is 1.15. The molecule has 0 bridgehead atoms. The monoisotopic (exact) mass is 199 g/mol. The number of nitrogens with zero attached hydrogens (tertiary/aromatic N) is 1. The second kappa shape index (κ2) is 4.23. The molecule has 1 heterocycles. The number of methoxy groups -OCH3 is 1. The summed E-state index contributed by atoms with van der Waals surface area (Å²) in [6.45, 7) is 1.92. The van der Waals surface area contributed by atoms with Crippen molar-refractivity contribution in [1.82, 2.24) is 4.98 Å². The lowest BCUT2D eigenvalue weighted by molar-refractivity contribution is 0.0599. The summed E-state index contributed by atoms with van der Waals surface area (Å²) in [4.78, 5) is 15.3. The molecule has 0 aromatic carbocycles. The first-order chi connectivity index (χ1) is 6.19. The van der Waals surface area contributed by atoms with Crippen molar-refractivity contribution < 1.29 is 9.53 Å². The Balaban J connectivity index is 3.15. The highest BCUT2D eigenvalue weighted by atomic mass is 35.5. The van der Waals surface area contributed by atoms with Gasteiger partial charge in [-0.1, -0.05) is 18.5 Å². The standard InChI is InChI=1S/C9H10ClNO2/c1-3-8-7(9(12)13-2)4-6(10)5-11-8/h4-5H,3H2,1-2H3. The molecule has 0 radical (unpaired) electrons. The summed E-state index contributed by atoms with van der Waals surface area (Å²) in [5.74, 6) is -0.396. The Morgan fingerprint density at radius 3 is 2.92 bits per heavy atom. The molecule has 0 atom stereocenters. The molecular weight excluding hydrogens is 190 g/mol. The second-order valence-corrected chi connectivity index (χ2v) is 2.93. The summed E-state index contributed by atoms with van der Waals surface area (Å²) in [5, 5.41) is 0.442. The van der Waals surface area contributed by atoms with Gasteiger partial charge in [-0.25, -0.2) is 4.79 Å². The molecule has 0 amide bonds. The van der Waals surface area contributed by atoms with Gasteiger partial charge >= 0.3 is 5.97 Å². The number of hydrogen-bond acceptors (Lipinski definition) is 3. The van der Waals surface area contributed by atoms with Crippen molar-refractivity contribution in [2.75, 3.05) is 7.11 Å². The van der Waals surface area contributed by atoms with Crippen molar-refractivity contribution in [1.29, 1.82) is 0 Å². The van der Waals surface area contributed by atoms with E-state index in [1.165, 1.54) is 13.3 Å². The molecule has 70 valence electrons. The molecule has 0 fully saturated rings. The summed E-state index contributed by atoms with van der Waals surface area (Å²) in [6.07, 6.45) is 2.20. The van der Waals surface area contributed by atoms with E-state index in [0.717, 1.165) is 0 Å². The summed E-state index contributed by atoms with van der Waals surface area (Å²) < 4.78 is 4.60. The molecule has 0 N–H and O–H groups in total. The van der Waals surface area contributed by atoms with E-state index < -0.39 is 5.97 Å². The van der Waals surface area contributed by atoms with E-state index in [2.05, 4.69) is 9.72 Å². The van der Waals surface area contributed by atoms with Gasteiger partial charge in [0.2, 0.25) is 0 Å². The van der Waals surface area contributed by atoms with Crippen LogP contribution >= 0.6 is 11.6 Å². The van der Waals surface area contributed by atoms with Crippen LogP contribution in [0, 0.1) is 0 Å². The predicted octanol–water partition coefficient (Wildman–Crippen LogP) is 2.08. The Morgan fingerprint density at radius 2 is 2.38 bits per heavy atom. The van der Waals surface area contributed by atoms with Crippen molar-refractivity contribution in [3.05, 3.63) is 28.5 Å². The van der Waals surface area contributed by atoms with Crippen LogP contribution in [0.1, 0.15) is 23.0 Å². The molecule has 0 aliphatic carbocycles. The van der Waals surface area contributed by atoms with Gasteiger partial charge < -0.3 is 4.74 Å². The van der Waals surface area contributed by atoms with Gasteiger partial charge in [-0.3, -0.25) is 4.98 Å². The SMILES string of the molecule is CCc1ncc(Cl)cc1C(=O)OC. The van der Waals surface area contributed by atoms with Gasteiger partial charge in [-0.2, -0.15) is 0 Å². The highest BCUT2D eigenvalue weighted by Gasteiger charge is 2.11. The third kappa shape index (κ3) is 2.18. The summed E-state index contributed by atoms with van der Waals surface area (Å²) >= 11 is 5.70. The molecule has 1 rings (SSSR count). The van der Waals surface area contributed by atoms with Crippen molar-refractivity contribution >= 4 is 17.6 Å². The first-order valence-corrected chi connectivity index (χ1v) is 4.29. The number of aryl methyl sites for hydroxylation is 1. The molecule has 13 heavy (non-hydrogen) atoms. The maximum Gasteiger partial charge on any atom is 0.339 e. The smallest absolute Gasteiger partial charge is 0.339 e. The van der Waals surface area contributed by atoms with E-state index in [-0.39, 0.29) is 0 Å². The van der Waals surface area contributed by atoms with Gasteiger partial charge in [0.25, 0.3) is 0 Å². The van der Waals surface area contributed by atoms with Gasteiger partial charge in [0.15, 0.2) is 0 Å². The third-order valence-corrected chi connectivity index (χ3v) is 1.88. The zero-order chi connectivity index (χ0) is 9.84. The average molecular weight is 200 g/mol. The number of pyridine rings is 1. The third-order valence-electron chi connectivity index (χ3n) is 1.68. The Labute approximate surface area is 81.7 Å². The van der Waals surface area contributed by atoms with Crippen LogP contribution < -0.4 is 0 Å². The van der Waals surface area contributed by atoms with Crippen LogP contribution in [-0.4, -0.2) is 18.1 Å². The van der Waals surface area contributed by atoms with Crippen molar-refractivity contribution in [3.8, 4) is 0 Å². The fourth-order valence-corrected chi connectivity index (χ4v) is 1.19. The Bertz CT molecular complexity index is 325. The molecule has 0 aliphatic heterocycles. The van der Waals surface area contributed by atoms with Crippen molar-refractivity contribution in [2.24, 2.45) is 0 Å². The van der Waals surface area contributed by atoms with E-state index in [0.29, 0.717) is 22.7 Å². The van der Waals surface area contributed by atoms with Gasteiger partial charge in [0.1, 0.15) is 0 Å². The van der Waals surface area contributed by atoms with Crippen LogP contribution in [-0.2, 0) is 11.2 Å². The molecule has 0 saturated heterocycles. The molecule has 0 aliphatic rings. The Morgan fingerprint density at radius 1 is 1.69 bits per heavy atom. The molecule has 4 heteroatoms. The first kappa shape index (κ1) is 9.99. The number of halogens is 1. The normalized spacial score (nSPS) is 9.77. The fraction of sp³-hybridized carbons (Fsp3) is 0.333. The van der Waals surface area contributed by atoms with Crippen LogP contribution in [0.3, 0.4) is 0 Å². The number of ether oxygens (including phenoxy) is 1. The van der Waals surface area contributed by atoms with Gasteiger partial charge in [-0.05, 0) is 12.5 Å². The van der Waals surface area contributed by atoms with Gasteiger partial charge in [0.05, 0.1) is 23.4 Å². The Hall–Kier alpha value is -1.09. The molecular formula is C9H10ClNO2. The number of aromatic nitrogens is 1. The van der Waals surface area contributed by atoms with Gasteiger partial charge in [0, 0.05) is 6.20 Å². The lowest BCUT2D eigenvalue weighted by Crippen LogP contribution is -2.06. The van der Waals surface area contributed by atoms with Crippen LogP contribution in [0.25, 0.3) is 0 Å². The molecule has 3 nitrogen and oxygen atoms in total. The van der Waals surface area contributed by atoms with Crippen LogP contribution in [0.5, 0.6) is 0 Å². The van der Waals surface area contributed by atoms with Gasteiger partial charge in [-0.15, -0.1) is 0 Å². The molecule has 0 saturated carbocycles. The van der Waals surface area contributed by atoms with E-state index in [1.807, 2.05) is 6.92 Å². The zero-order valence-electron chi connectivity index (χ0n) is 7.50. The van der Waals surface area contributed by atoms with Crippen LogP contribution in [0.4, 0.5) is 0 Å². The fourth-order valence-electron chi connectivity index (χ4n) is 1.04. The van der Waals surface area contributed by atoms with E-state index in [9.17, 15) is 4.79 Å². The highest BCUT2D eigenvalue weighted by molar-refractivity contribution is 6.30. The zero-order valence-corrected chi connectivity index (χ0v) is 8.26. The minimum atomic E-state index is -0.396. The topological polar surface area (TPSA) is 39.2 Å². The number of rotatable bonds is 2. The summed E-state index contributed by atoms with van der Waals surface area (Å²) in [6, 6.07) is 1.57. The highest BCUT2D eigenvalue weighted by Crippen LogP contribution is 2.14. The lowest BCUT2D eigenvalue weighted by atomic mass is 10.1. The molecule has 0 unspecified atom stereocenters. The van der Waals surface area contributed by atoms with E-state index in [1.54, 1.807) is 6.07 Å². The van der Waals surface area contributed by atoms with E-state index >= 15 is 0 Å². The largest absolute Gasteiger partial charge is 0.465 e. The maximum atomic E-state index is 11.2. The predicted molar refractivity (Wildman–Crippen MR) is 50.0 cm³/mol. The first-order valence-electron chi connectivity index (χ1n) is 3.91. The van der Waals surface area contributed by atoms with Crippen LogP contribution in [0.2, 0.25) is 5.02 Å². The molecule has 0 spiro atoms. The van der Waals surface area contributed by atoms with Crippen molar-refractivity contribution in [2.45, 2.75) is 13.3 Å². The second-order valence-electron chi connectivity index (χ2n) is 2.49. The maximum absolute atomic E-state index is 11.2. The number of carbonyl (C=O) groups is 1.